The molecule has 0 bridgehead atoms. The molecule has 7 heteroatoms. The lowest BCUT2D eigenvalue weighted by atomic mass is 10.2. The van der Waals surface area contributed by atoms with Crippen LogP contribution in [0.1, 0.15) is 20.1 Å². The molecule has 21 heavy (non-hydrogen) atoms. The van der Waals surface area contributed by atoms with Crippen molar-refractivity contribution in [1.29, 1.82) is 0 Å². The zero-order valence-corrected chi connectivity index (χ0v) is 12.3. The van der Waals surface area contributed by atoms with Crippen molar-refractivity contribution in [1.82, 2.24) is 14.9 Å². The third-order valence-corrected chi connectivity index (χ3v) is 3.97. The van der Waals surface area contributed by atoms with Crippen LogP contribution in [0.2, 0.25) is 0 Å². The average molecular weight is 305 g/mol. The fourth-order valence-corrected chi connectivity index (χ4v) is 2.72. The molecule has 0 saturated heterocycles. The fourth-order valence-electron chi connectivity index (χ4n) is 1.73. The first-order valence-corrected chi connectivity index (χ1v) is 7.13. The first-order valence-electron chi connectivity index (χ1n) is 6.31. The lowest BCUT2D eigenvalue weighted by molar-refractivity contribution is -0.131. The predicted molar refractivity (Wildman–Crippen MR) is 80.3 cm³/mol. The Morgan fingerprint density at radius 3 is 3.00 bits per heavy atom. The van der Waals surface area contributed by atoms with E-state index in [1.165, 1.54) is 17.4 Å². The number of hydrogen-bond donors (Lipinski definition) is 2. The van der Waals surface area contributed by atoms with Gasteiger partial charge in [-0.15, -0.1) is 11.3 Å². The molecule has 0 fully saturated rings. The maximum atomic E-state index is 12.0. The number of carbonyl (C=O) groups excluding carboxylic acids is 1. The summed E-state index contributed by atoms with van der Waals surface area (Å²) in [6, 6.07) is 1.76. The van der Waals surface area contributed by atoms with E-state index in [1.54, 1.807) is 18.6 Å². The number of hydrogen-bond acceptors (Lipinski definition) is 4. The molecule has 6 nitrogen and oxygen atoms in total. The van der Waals surface area contributed by atoms with Gasteiger partial charge in [0, 0.05) is 36.4 Å². The SMILES string of the molecule is Cc1cc(C(=O)NCCn2ccnc2)sc1/C=C/C(=O)O. The van der Waals surface area contributed by atoms with Gasteiger partial charge >= 0.3 is 5.97 Å². The van der Waals surface area contributed by atoms with Crippen LogP contribution in [-0.2, 0) is 11.3 Å². The topological polar surface area (TPSA) is 84.2 Å². The summed E-state index contributed by atoms with van der Waals surface area (Å²) in [5.41, 5.74) is 0.886. The van der Waals surface area contributed by atoms with Gasteiger partial charge in [-0.25, -0.2) is 9.78 Å². The van der Waals surface area contributed by atoms with E-state index in [2.05, 4.69) is 10.3 Å². The van der Waals surface area contributed by atoms with Gasteiger partial charge in [0.1, 0.15) is 0 Å². The second kappa shape index (κ2) is 6.85. The number of imidazole rings is 1. The number of aliphatic carboxylic acids is 1. The summed E-state index contributed by atoms with van der Waals surface area (Å²) in [5.74, 6) is -1.16. The Kier molecular flexibility index (Phi) is 4.89. The molecular weight excluding hydrogens is 290 g/mol. The molecule has 0 aliphatic rings. The Bertz CT molecular complexity index is 659. The summed E-state index contributed by atoms with van der Waals surface area (Å²) in [6.07, 6.45) is 7.78. The normalized spacial score (nSPS) is 10.9. The van der Waals surface area contributed by atoms with Gasteiger partial charge in [0.05, 0.1) is 11.2 Å². The quantitative estimate of drug-likeness (QED) is 0.797. The van der Waals surface area contributed by atoms with E-state index in [0.717, 1.165) is 16.5 Å². The molecule has 0 aromatic carbocycles. The van der Waals surface area contributed by atoms with Gasteiger partial charge < -0.3 is 15.0 Å². The van der Waals surface area contributed by atoms with Gasteiger partial charge in [-0.1, -0.05) is 0 Å². The van der Waals surface area contributed by atoms with E-state index in [9.17, 15) is 9.59 Å². The molecule has 0 unspecified atom stereocenters. The van der Waals surface area contributed by atoms with Gasteiger partial charge in [0.25, 0.3) is 5.91 Å². The summed E-state index contributed by atoms with van der Waals surface area (Å²) >= 11 is 1.28. The highest BCUT2D eigenvalue weighted by Crippen LogP contribution is 2.23. The van der Waals surface area contributed by atoms with Crippen molar-refractivity contribution in [3.05, 3.63) is 46.2 Å². The molecule has 1 amide bonds. The maximum Gasteiger partial charge on any atom is 0.328 e. The van der Waals surface area contributed by atoms with E-state index in [0.29, 0.717) is 18.0 Å². The van der Waals surface area contributed by atoms with Crippen LogP contribution in [0, 0.1) is 6.92 Å². The molecular formula is C14H15N3O3S. The molecule has 0 radical (unpaired) electrons. The Morgan fingerprint density at radius 1 is 1.52 bits per heavy atom. The van der Waals surface area contributed by atoms with Crippen LogP contribution in [0.15, 0.2) is 30.9 Å². The molecule has 2 N–H and O–H groups in total. The Labute approximate surface area is 125 Å². The minimum atomic E-state index is -1.01. The third kappa shape index (κ3) is 4.28. The maximum absolute atomic E-state index is 12.0. The molecule has 0 aliphatic heterocycles. The van der Waals surface area contributed by atoms with Crippen molar-refractivity contribution in [2.24, 2.45) is 0 Å². The van der Waals surface area contributed by atoms with Gasteiger partial charge in [-0.2, -0.15) is 0 Å². The number of nitrogens with one attached hydrogen (secondary N) is 1. The molecule has 2 heterocycles. The van der Waals surface area contributed by atoms with Crippen LogP contribution in [-0.4, -0.2) is 33.1 Å². The molecule has 0 spiro atoms. The zero-order chi connectivity index (χ0) is 15.2. The van der Waals surface area contributed by atoms with Crippen molar-refractivity contribution in [3.8, 4) is 0 Å². The van der Waals surface area contributed by atoms with Crippen LogP contribution in [0.25, 0.3) is 6.08 Å². The van der Waals surface area contributed by atoms with Crippen molar-refractivity contribution in [2.45, 2.75) is 13.5 Å². The Hall–Kier alpha value is -2.41. The number of rotatable bonds is 6. The van der Waals surface area contributed by atoms with Gasteiger partial charge in [-0.05, 0) is 24.6 Å². The highest BCUT2D eigenvalue weighted by Gasteiger charge is 2.10. The molecule has 2 aromatic rings. The number of carboxylic acid groups (broad SMARTS) is 1. The molecule has 0 atom stereocenters. The van der Waals surface area contributed by atoms with Gasteiger partial charge in [0.15, 0.2) is 0 Å². The van der Waals surface area contributed by atoms with Gasteiger partial charge in [-0.3, -0.25) is 4.79 Å². The predicted octanol–water partition coefficient (Wildman–Crippen LogP) is 1.78. The summed E-state index contributed by atoms with van der Waals surface area (Å²) < 4.78 is 1.88. The van der Waals surface area contributed by atoms with Crippen LogP contribution in [0.4, 0.5) is 0 Å². The first-order chi connectivity index (χ1) is 10.1. The Morgan fingerprint density at radius 2 is 2.33 bits per heavy atom. The molecule has 2 rings (SSSR count). The van der Waals surface area contributed by atoms with Crippen molar-refractivity contribution >= 4 is 29.3 Å². The fraction of sp³-hybridized carbons (Fsp3) is 0.214. The number of aryl methyl sites for hydroxylation is 1. The summed E-state index contributed by atoms with van der Waals surface area (Å²) in [7, 11) is 0. The monoisotopic (exact) mass is 305 g/mol. The average Bonchev–Trinajstić information content (AvgIpc) is 3.06. The van der Waals surface area contributed by atoms with Crippen LogP contribution in [0.5, 0.6) is 0 Å². The van der Waals surface area contributed by atoms with Gasteiger partial charge in [0.2, 0.25) is 0 Å². The van der Waals surface area contributed by atoms with Crippen molar-refractivity contribution in [3.63, 3.8) is 0 Å². The van der Waals surface area contributed by atoms with E-state index in [-0.39, 0.29) is 5.91 Å². The number of aromatic nitrogens is 2. The molecule has 0 saturated carbocycles. The van der Waals surface area contributed by atoms with Crippen molar-refractivity contribution < 1.29 is 14.7 Å². The number of carboxylic acids is 1. The lowest BCUT2D eigenvalue weighted by Gasteiger charge is -2.03. The first kappa shape index (κ1) is 15.0. The zero-order valence-electron chi connectivity index (χ0n) is 11.4. The molecule has 2 aromatic heterocycles. The standard InChI is InChI=1S/C14H15N3O3S/c1-10-8-12(21-11(10)2-3-13(18)19)14(20)16-5-7-17-6-4-15-9-17/h2-4,6,8-9H,5,7H2,1H3,(H,16,20)(H,18,19)/b3-2+. The molecule has 110 valence electrons. The number of amides is 1. The van der Waals surface area contributed by atoms with E-state index >= 15 is 0 Å². The van der Waals surface area contributed by atoms with Crippen LogP contribution < -0.4 is 5.32 Å². The van der Waals surface area contributed by atoms with E-state index < -0.39 is 5.97 Å². The molecule has 0 aliphatic carbocycles. The number of carbonyl (C=O) groups is 2. The summed E-state index contributed by atoms with van der Waals surface area (Å²) in [5, 5.41) is 11.4. The summed E-state index contributed by atoms with van der Waals surface area (Å²) in [4.78, 5) is 27.8. The third-order valence-electron chi connectivity index (χ3n) is 2.77. The second-order valence-electron chi connectivity index (χ2n) is 4.39. The summed E-state index contributed by atoms with van der Waals surface area (Å²) in [6.45, 7) is 3.01. The lowest BCUT2D eigenvalue weighted by Crippen LogP contribution is -2.26. The second-order valence-corrected chi connectivity index (χ2v) is 5.47. The smallest absolute Gasteiger partial charge is 0.328 e. The number of thiophene rings is 1. The Balaban J connectivity index is 1.93. The van der Waals surface area contributed by atoms with Crippen LogP contribution in [0.3, 0.4) is 0 Å². The highest BCUT2D eigenvalue weighted by molar-refractivity contribution is 7.15. The minimum absolute atomic E-state index is 0.154. The van der Waals surface area contributed by atoms with Crippen molar-refractivity contribution in [2.75, 3.05) is 6.54 Å². The number of nitrogens with zero attached hydrogens (tertiary/aromatic N) is 2. The largest absolute Gasteiger partial charge is 0.478 e. The van der Waals surface area contributed by atoms with E-state index in [4.69, 9.17) is 5.11 Å². The minimum Gasteiger partial charge on any atom is -0.478 e. The van der Waals surface area contributed by atoms with E-state index in [1.807, 2.05) is 17.7 Å². The van der Waals surface area contributed by atoms with Crippen LogP contribution >= 0.6 is 11.3 Å². The highest BCUT2D eigenvalue weighted by atomic mass is 32.1.